The Morgan fingerprint density at radius 2 is 1.92 bits per heavy atom. The number of hydrogen-bond acceptors (Lipinski definition) is 2. The lowest BCUT2D eigenvalue weighted by molar-refractivity contribution is -0.149. The molecule has 0 saturated carbocycles. The zero-order chi connectivity index (χ0) is 9.35. The predicted molar refractivity (Wildman–Crippen MR) is 37.3 cm³/mol. The molecule has 0 fully saturated rings. The van der Waals surface area contributed by atoms with Crippen LogP contribution in [-0.2, 0) is 0 Å². The van der Waals surface area contributed by atoms with Crippen LogP contribution >= 0.6 is 11.3 Å². The summed E-state index contributed by atoms with van der Waals surface area (Å²) in [5.74, 6) is -0.898. The molecular weight excluding hydrogens is 194 g/mol. The van der Waals surface area contributed by atoms with Gasteiger partial charge in [-0.1, -0.05) is 0 Å². The molecule has 0 aliphatic rings. The largest absolute Gasteiger partial charge is 0.407 e. The predicted octanol–water partition coefficient (Wildman–Crippen LogP) is 2.45. The zero-order valence-electron chi connectivity index (χ0n) is 5.73. The van der Waals surface area contributed by atoms with E-state index in [0.717, 1.165) is 22.1 Å². The topological polar surface area (TPSA) is 26.0 Å². The van der Waals surface area contributed by atoms with Crippen LogP contribution in [0.3, 0.4) is 0 Å². The van der Waals surface area contributed by atoms with Gasteiger partial charge in [0.1, 0.15) is 11.9 Å². The maximum absolute atomic E-state index is 12.6. The van der Waals surface area contributed by atoms with Gasteiger partial charge in [-0.3, -0.25) is 0 Å². The first-order valence-corrected chi connectivity index (χ1v) is 3.91. The molecule has 0 saturated heterocycles. The molecule has 0 radical (unpaired) electrons. The average Bonchev–Trinajstić information content (AvgIpc) is 2.31. The molecule has 6 heteroatoms. The van der Waals surface area contributed by atoms with Crippen LogP contribution in [0.25, 0.3) is 0 Å². The lowest BCUT2D eigenvalue weighted by Crippen LogP contribution is -2.28. The molecule has 1 atom stereocenters. The summed E-state index contributed by atoms with van der Waals surface area (Å²) >= 11 is 0.856. The SMILES string of the molecule is N[C@@H](c1cscc1F)C(F)(F)F. The van der Waals surface area contributed by atoms with Gasteiger partial charge in [0.15, 0.2) is 0 Å². The molecule has 68 valence electrons. The van der Waals surface area contributed by atoms with E-state index in [1.807, 2.05) is 0 Å². The Labute approximate surface area is 69.8 Å². The van der Waals surface area contributed by atoms with Gasteiger partial charge in [-0.05, 0) is 5.38 Å². The molecule has 0 amide bonds. The molecule has 0 aliphatic heterocycles. The van der Waals surface area contributed by atoms with Gasteiger partial charge in [-0.2, -0.15) is 13.2 Å². The minimum Gasteiger partial charge on any atom is -0.316 e. The van der Waals surface area contributed by atoms with Crippen molar-refractivity contribution < 1.29 is 17.6 Å². The molecular formula is C6H5F4NS. The van der Waals surface area contributed by atoms with Crippen molar-refractivity contribution in [3.05, 3.63) is 22.1 Å². The fourth-order valence-electron chi connectivity index (χ4n) is 0.690. The summed E-state index contributed by atoms with van der Waals surface area (Å²) < 4.78 is 48.3. The third kappa shape index (κ3) is 1.75. The monoisotopic (exact) mass is 199 g/mol. The van der Waals surface area contributed by atoms with Gasteiger partial charge in [0.2, 0.25) is 0 Å². The lowest BCUT2D eigenvalue weighted by atomic mass is 10.1. The first kappa shape index (κ1) is 9.47. The van der Waals surface area contributed by atoms with Crippen molar-refractivity contribution in [2.45, 2.75) is 12.2 Å². The maximum Gasteiger partial charge on any atom is 0.407 e. The first-order valence-electron chi connectivity index (χ1n) is 2.97. The van der Waals surface area contributed by atoms with Crippen LogP contribution in [0, 0.1) is 5.82 Å². The standard InChI is InChI=1S/C6H5F4NS/c7-4-2-12-1-3(4)5(11)6(8,9)10/h1-2,5H,11H2/t5-/m0/s1. The number of alkyl halides is 3. The quantitative estimate of drug-likeness (QED) is 0.691. The van der Waals surface area contributed by atoms with E-state index in [4.69, 9.17) is 5.73 Å². The average molecular weight is 199 g/mol. The highest BCUT2D eigenvalue weighted by Gasteiger charge is 2.39. The molecule has 1 rings (SSSR count). The molecule has 0 unspecified atom stereocenters. The minimum absolute atomic E-state index is 0.493. The van der Waals surface area contributed by atoms with Crippen molar-refractivity contribution in [1.82, 2.24) is 0 Å². The lowest BCUT2D eigenvalue weighted by Gasteiger charge is -2.13. The van der Waals surface area contributed by atoms with Crippen molar-refractivity contribution in [3.8, 4) is 0 Å². The molecule has 1 aromatic rings. The Morgan fingerprint density at radius 3 is 2.25 bits per heavy atom. The van der Waals surface area contributed by atoms with Gasteiger partial charge in [-0.25, -0.2) is 4.39 Å². The normalized spacial score (nSPS) is 14.8. The molecule has 1 heterocycles. The van der Waals surface area contributed by atoms with Crippen molar-refractivity contribution in [2.24, 2.45) is 5.73 Å². The van der Waals surface area contributed by atoms with Crippen molar-refractivity contribution in [1.29, 1.82) is 0 Å². The zero-order valence-corrected chi connectivity index (χ0v) is 6.55. The molecule has 12 heavy (non-hydrogen) atoms. The highest BCUT2D eigenvalue weighted by Crippen LogP contribution is 2.32. The van der Waals surface area contributed by atoms with Gasteiger partial charge < -0.3 is 5.73 Å². The third-order valence-electron chi connectivity index (χ3n) is 1.33. The second kappa shape index (κ2) is 3.02. The van der Waals surface area contributed by atoms with E-state index < -0.39 is 23.6 Å². The fourth-order valence-corrected chi connectivity index (χ4v) is 1.42. The van der Waals surface area contributed by atoms with E-state index in [1.165, 1.54) is 0 Å². The summed E-state index contributed by atoms with van der Waals surface area (Å²) in [7, 11) is 0. The Bertz CT molecular complexity index is 267. The van der Waals surface area contributed by atoms with E-state index in [1.54, 1.807) is 0 Å². The first-order chi connectivity index (χ1) is 5.43. The molecule has 0 spiro atoms. The summed E-state index contributed by atoms with van der Waals surface area (Å²) in [5.41, 5.74) is 4.27. The van der Waals surface area contributed by atoms with Gasteiger partial charge in [-0.15, -0.1) is 11.3 Å². The summed E-state index contributed by atoms with van der Waals surface area (Å²) in [5, 5.41) is 2.05. The van der Waals surface area contributed by atoms with Gasteiger partial charge in [0.05, 0.1) is 0 Å². The summed E-state index contributed by atoms with van der Waals surface area (Å²) in [6.45, 7) is 0. The summed E-state index contributed by atoms with van der Waals surface area (Å²) in [4.78, 5) is 0. The highest BCUT2D eigenvalue weighted by molar-refractivity contribution is 7.08. The van der Waals surface area contributed by atoms with Crippen molar-refractivity contribution in [3.63, 3.8) is 0 Å². The number of rotatable bonds is 1. The van der Waals surface area contributed by atoms with Crippen molar-refractivity contribution >= 4 is 11.3 Å². The summed E-state index contributed by atoms with van der Waals surface area (Å²) in [6.07, 6.45) is -4.58. The number of halogens is 4. The van der Waals surface area contributed by atoms with Gasteiger partial charge >= 0.3 is 6.18 Å². The number of nitrogens with two attached hydrogens (primary N) is 1. The van der Waals surface area contributed by atoms with E-state index in [0.29, 0.717) is 0 Å². The highest BCUT2D eigenvalue weighted by atomic mass is 32.1. The van der Waals surface area contributed by atoms with Crippen molar-refractivity contribution in [2.75, 3.05) is 0 Å². The third-order valence-corrected chi connectivity index (χ3v) is 2.06. The van der Waals surface area contributed by atoms with Gasteiger partial charge in [0.25, 0.3) is 0 Å². The Kier molecular flexibility index (Phi) is 2.39. The second-order valence-electron chi connectivity index (χ2n) is 2.19. The molecule has 0 aromatic carbocycles. The molecule has 0 aliphatic carbocycles. The van der Waals surface area contributed by atoms with E-state index in [-0.39, 0.29) is 0 Å². The maximum atomic E-state index is 12.6. The van der Waals surface area contributed by atoms with E-state index >= 15 is 0 Å². The second-order valence-corrected chi connectivity index (χ2v) is 2.94. The van der Waals surface area contributed by atoms with E-state index in [9.17, 15) is 17.6 Å². The number of hydrogen-bond donors (Lipinski definition) is 1. The molecule has 1 aromatic heterocycles. The number of thiophene rings is 1. The molecule has 0 bridgehead atoms. The molecule has 1 nitrogen and oxygen atoms in total. The van der Waals surface area contributed by atoms with Crippen LogP contribution in [0.2, 0.25) is 0 Å². The van der Waals surface area contributed by atoms with Crippen LogP contribution in [0.4, 0.5) is 17.6 Å². The fraction of sp³-hybridized carbons (Fsp3) is 0.333. The Morgan fingerprint density at radius 1 is 1.33 bits per heavy atom. The van der Waals surface area contributed by atoms with Crippen LogP contribution < -0.4 is 5.73 Å². The Balaban J connectivity index is 2.92. The van der Waals surface area contributed by atoms with Crippen LogP contribution in [0.15, 0.2) is 10.8 Å². The molecule has 2 N–H and O–H groups in total. The summed E-state index contributed by atoms with van der Waals surface area (Å²) in [6, 6.07) is -2.22. The minimum atomic E-state index is -4.58. The smallest absolute Gasteiger partial charge is 0.316 e. The van der Waals surface area contributed by atoms with Crippen LogP contribution in [0.5, 0.6) is 0 Å². The van der Waals surface area contributed by atoms with Crippen LogP contribution in [-0.4, -0.2) is 6.18 Å². The van der Waals surface area contributed by atoms with Gasteiger partial charge in [0, 0.05) is 10.9 Å². The van der Waals surface area contributed by atoms with E-state index in [2.05, 4.69) is 0 Å². The van der Waals surface area contributed by atoms with Crippen LogP contribution in [0.1, 0.15) is 11.6 Å². The Hall–Kier alpha value is -0.620.